The molecule has 0 aliphatic heterocycles. The topological polar surface area (TPSA) is 87.1 Å². The number of nitrogens with zero attached hydrogens (tertiary/aromatic N) is 2. The Morgan fingerprint density at radius 2 is 2.16 bits per heavy atom. The van der Waals surface area contributed by atoms with Crippen molar-refractivity contribution in [2.24, 2.45) is 0 Å². The summed E-state index contributed by atoms with van der Waals surface area (Å²) in [5.41, 5.74) is 0. The molecule has 0 bridgehead atoms. The third kappa shape index (κ3) is 3.87. The van der Waals surface area contributed by atoms with Gasteiger partial charge in [-0.05, 0) is 19.8 Å². The van der Waals surface area contributed by atoms with Gasteiger partial charge in [-0.1, -0.05) is 30.6 Å². The first kappa shape index (κ1) is 14.2. The molecule has 2 unspecified atom stereocenters. The number of amides is 1. The van der Waals surface area contributed by atoms with E-state index >= 15 is 0 Å². The number of hydrogen-bond acceptors (Lipinski definition) is 6. The Labute approximate surface area is 116 Å². The molecule has 1 saturated carbocycles. The van der Waals surface area contributed by atoms with E-state index in [0.29, 0.717) is 10.1 Å². The van der Waals surface area contributed by atoms with Crippen LogP contribution in [0.5, 0.6) is 0 Å². The van der Waals surface area contributed by atoms with Crippen molar-refractivity contribution in [3.05, 3.63) is 5.01 Å². The Bertz CT molecular complexity index is 424. The van der Waals surface area contributed by atoms with Gasteiger partial charge in [0.1, 0.15) is 0 Å². The van der Waals surface area contributed by atoms with E-state index in [1.165, 1.54) is 11.3 Å². The molecule has 1 aromatic rings. The average molecular weight is 284 g/mol. The first-order valence-electron chi connectivity index (χ1n) is 6.77. The van der Waals surface area contributed by atoms with E-state index in [-0.39, 0.29) is 11.9 Å². The zero-order valence-corrected chi connectivity index (χ0v) is 11.9. The fraction of sp³-hybridized carbons (Fsp3) is 0.750. The Hall–Kier alpha value is -1.21. The van der Waals surface area contributed by atoms with Gasteiger partial charge in [-0.2, -0.15) is 0 Å². The van der Waals surface area contributed by atoms with Crippen LogP contribution < -0.4 is 10.6 Å². The molecule has 1 amide bonds. The lowest BCUT2D eigenvalue weighted by atomic mass is 10.1. The lowest BCUT2D eigenvalue weighted by Crippen LogP contribution is -2.42. The molecule has 3 N–H and O–H groups in total. The van der Waals surface area contributed by atoms with E-state index in [1.54, 1.807) is 0 Å². The monoisotopic (exact) mass is 284 g/mol. The number of nitrogens with one attached hydrogen (secondary N) is 2. The van der Waals surface area contributed by atoms with Crippen LogP contribution in [0.1, 0.15) is 48.8 Å². The number of carbonyl (C=O) groups excluding carboxylic acids is 1. The number of hydrogen-bond donors (Lipinski definition) is 3. The van der Waals surface area contributed by atoms with Crippen LogP contribution in [0.2, 0.25) is 0 Å². The van der Waals surface area contributed by atoms with Gasteiger partial charge in [0.2, 0.25) is 10.1 Å². The SMILES string of the molecule is CCNc1nnc(C(=O)NC2CCCCCC2O)s1. The van der Waals surface area contributed by atoms with Crippen molar-refractivity contribution in [3.8, 4) is 0 Å². The van der Waals surface area contributed by atoms with Gasteiger partial charge in [-0.3, -0.25) is 4.79 Å². The Kier molecular flexibility index (Phi) is 5.09. The molecule has 0 saturated heterocycles. The molecule has 19 heavy (non-hydrogen) atoms. The zero-order chi connectivity index (χ0) is 13.7. The maximum absolute atomic E-state index is 12.0. The highest BCUT2D eigenvalue weighted by Crippen LogP contribution is 2.19. The van der Waals surface area contributed by atoms with Gasteiger partial charge in [0.25, 0.3) is 5.91 Å². The van der Waals surface area contributed by atoms with Crippen LogP contribution in [0.25, 0.3) is 0 Å². The molecule has 7 heteroatoms. The van der Waals surface area contributed by atoms with Gasteiger partial charge in [-0.25, -0.2) is 0 Å². The summed E-state index contributed by atoms with van der Waals surface area (Å²) >= 11 is 1.23. The van der Waals surface area contributed by atoms with Crippen LogP contribution >= 0.6 is 11.3 Å². The molecule has 0 spiro atoms. The quantitative estimate of drug-likeness (QED) is 0.727. The summed E-state index contributed by atoms with van der Waals surface area (Å²) in [5, 5.41) is 24.6. The lowest BCUT2D eigenvalue weighted by molar-refractivity contribution is 0.0818. The molecule has 1 fully saturated rings. The van der Waals surface area contributed by atoms with E-state index in [0.717, 1.165) is 38.6 Å². The second-order valence-corrected chi connectivity index (χ2v) is 5.71. The molecular formula is C12H20N4O2S. The smallest absolute Gasteiger partial charge is 0.282 e. The van der Waals surface area contributed by atoms with Gasteiger partial charge < -0.3 is 15.7 Å². The van der Waals surface area contributed by atoms with Crippen molar-refractivity contribution in [2.75, 3.05) is 11.9 Å². The highest BCUT2D eigenvalue weighted by molar-refractivity contribution is 7.17. The molecule has 1 heterocycles. The van der Waals surface area contributed by atoms with Crippen LogP contribution in [0.4, 0.5) is 5.13 Å². The summed E-state index contributed by atoms with van der Waals surface area (Å²) in [6, 6.07) is -0.165. The highest BCUT2D eigenvalue weighted by Gasteiger charge is 2.24. The minimum absolute atomic E-state index is 0.165. The van der Waals surface area contributed by atoms with Gasteiger partial charge in [-0.15, -0.1) is 10.2 Å². The largest absolute Gasteiger partial charge is 0.391 e. The number of aliphatic hydroxyl groups is 1. The van der Waals surface area contributed by atoms with Crippen LogP contribution in [-0.2, 0) is 0 Å². The van der Waals surface area contributed by atoms with Crippen LogP contribution in [0.15, 0.2) is 0 Å². The summed E-state index contributed by atoms with van der Waals surface area (Å²) in [6.07, 6.45) is 4.31. The van der Waals surface area contributed by atoms with E-state index < -0.39 is 6.10 Å². The summed E-state index contributed by atoms with van der Waals surface area (Å²) < 4.78 is 0. The minimum Gasteiger partial charge on any atom is -0.391 e. The summed E-state index contributed by atoms with van der Waals surface area (Å²) in [7, 11) is 0. The Balaban J connectivity index is 1.94. The fourth-order valence-electron chi connectivity index (χ4n) is 2.22. The van der Waals surface area contributed by atoms with Crippen molar-refractivity contribution >= 4 is 22.4 Å². The minimum atomic E-state index is -0.451. The molecule has 1 aliphatic rings. The number of aromatic nitrogens is 2. The Morgan fingerprint density at radius 3 is 2.95 bits per heavy atom. The molecular weight excluding hydrogens is 264 g/mol. The average Bonchev–Trinajstić information content (AvgIpc) is 2.77. The van der Waals surface area contributed by atoms with Gasteiger partial charge in [0, 0.05) is 6.54 Å². The zero-order valence-electron chi connectivity index (χ0n) is 11.1. The van der Waals surface area contributed by atoms with E-state index in [2.05, 4.69) is 20.8 Å². The number of aliphatic hydroxyl groups excluding tert-OH is 1. The second-order valence-electron chi connectivity index (χ2n) is 4.73. The number of anilines is 1. The van der Waals surface area contributed by atoms with Gasteiger partial charge in [0.15, 0.2) is 0 Å². The standard InChI is InChI=1S/C12H20N4O2S/c1-2-13-12-16-15-11(19-12)10(18)14-8-6-4-3-5-7-9(8)17/h8-9,17H,2-7H2,1H3,(H,13,16)(H,14,18). The predicted molar refractivity (Wildman–Crippen MR) is 74.4 cm³/mol. The van der Waals surface area contributed by atoms with Crippen molar-refractivity contribution < 1.29 is 9.90 Å². The first-order chi connectivity index (χ1) is 9.20. The van der Waals surface area contributed by atoms with Crippen LogP contribution in [0, 0.1) is 0 Å². The number of rotatable bonds is 4. The van der Waals surface area contributed by atoms with E-state index in [4.69, 9.17) is 0 Å². The van der Waals surface area contributed by atoms with Crippen LogP contribution in [-0.4, -0.2) is 39.9 Å². The molecule has 1 aromatic heterocycles. The second kappa shape index (κ2) is 6.81. The molecule has 2 atom stereocenters. The number of carbonyl (C=O) groups is 1. The summed E-state index contributed by atoms with van der Waals surface area (Å²) in [5.74, 6) is -0.243. The third-order valence-corrected chi connectivity index (χ3v) is 4.12. The maximum atomic E-state index is 12.0. The first-order valence-corrected chi connectivity index (χ1v) is 7.58. The summed E-state index contributed by atoms with van der Waals surface area (Å²) in [6.45, 7) is 2.71. The van der Waals surface area contributed by atoms with Gasteiger partial charge in [0.05, 0.1) is 12.1 Å². The van der Waals surface area contributed by atoms with E-state index in [1.807, 2.05) is 6.92 Å². The third-order valence-electron chi connectivity index (χ3n) is 3.24. The summed E-state index contributed by atoms with van der Waals surface area (Å²) in [4.78, 5) is 12.0. The van der Waals surface area contributed by atoms with Crippen molar-refractivity contribution in [1.82, 2.24) is 15.5 Å². The molecule has 106 valence electrons. The Morgan fingerprint density at radius 1 is 1.37 bits per heavy atom. The normalized spacial score (nSPS) is 23.7. The van der Waals surface area contributed by atoms with Crippen LogP contribution in [0.3, 0.4) is 0 Å². The molecule has 1 aliphatic carbocycles. The van der Waals surface area contributed by atoms with Crippen molar-refractivity contribution in [3.63, 3.8) is 0 Å². The molecule has 0 radical (unpaired) electrons. The highest BCUT2D eigenvalue weighted by atomic mass is 32.1. The van der Waals surface area contributed by atoms with Gasteiger partial charge >= 0.3 is 0 Å². The van der Waals surface area contributed by atoms with E-state index in [9.17, 15) is 9.90 Å². The van der Waals surface area contributed by atoms with Crippen molar-refractivity contribution in [2.45, 2.75) is 51.2 Å². The maximum Gasteiger partial charge on any atom is 0.282 e. The molecule has 2 rings (SSSR count). The molecule has 0 aromatic carbocycles. The predicted octanol–water partition coefficient (Wildman–Crippen LogP) is 1.39. The fourth-order valence-corrected chi connectivity index (χ4v) is 2.94. The molecule has 6 nitrogen and oxygen atoms in total. The van der Waals surface area contributed by atoms with Crippen molar-refractivity contribution in [1.29, 1.82) is 0 Å². The lowest BCUT2D eigenvalue weighted by Gasteiger charge is -2.20.